The molecule has 0 saturated carbocycles. The molecular formula is C25H34FN3O4S. The maximum absolute atomic E-state index is 13.4. The van der Waals surface area contributed by atoms with Gasteiger partial charge in [0.25, 0.3) is 0 Å². The Hall–Kier alpha value is -2.94. The van der Waals surface area contributed by atoms with Crippen LogP contribution in [0.4, 0.5) is 10.1 Å². The summed E-state index contributed by atoms with van der Waals surface area (Å²) in [7, 11) is -3.53. The predicted octanol–water partition coefficient (Wildman–Crippen LogP) is 3.70. The molecule has 7 nitrogen and oxygen atoms in total. The van der Waals surface area contributed by atoms with Crippen molar-refractivity contribution in [1.82, 2.24) is 10.2 Å². The molecule has 2 aromatic rings. The molecule has 34 heavy (non-hydrogen) atoms. The normalized spacial score (nSPS) is 12.3. The summed E-state index contributed by atoms with van der Waals surface area (Å²) in [5, 5.41) is 2.86. The van der Waals surface area contributed by atoms with Gasteiger partial charge in [-0.25, -0.2) is 12.8 Å². The summed E-state index contributed by atoms with van der Waals surface area (Å²) in [6.07, 6.45) is 1.88. The van der Waals surface area contributed by atoms with Gasteiger partial charge in [-0.2, -0.15) is 0 Å². The quantitative estimate of drug-likeness (QED) is 0.491. The zero-order valence-corrected chi connectivity index (χ0v) is 21.0. The van der Waals surface area contributed by atoms with E-state index in [1.54, 1.807) is 42.5 Å². The number of para-hydroxylation sites is 1. The van der Waals surface area contributed by atoms with E-state index in [1.807, 2.05) is 20.8 Å². The Labute approximate surface area is 202 Å². The van der Waals surface area contributed by atoms with Gasteiger partial charge in [0.05, 0.1) is 11.9 Å². The summed E-state index contributed by atoms with van der Waals surface area (Å²) in [6, 6.07) is 13.7. The highest BCUT2D eigenvalue weighted by Gasteiger charge is 2.29. The van der Waals surface area contributed by atoms with Crippen LogP contribution in [0.2, 0.25) is 0 Å². The molecule has 0 aliphatic rings. The standard InChI is InChI=1S/C25H34FN3O4S/c1-5-23(25(31)27-19(2)3)28(18-20-13-15-21(26)16-14-20)24(30)12-9-17-29(34(4,32)33)22-10-7-6-8-11-22/h6-8,10-11,13-16,19,23H,5,9,12,17-18H2,1-4H3,(H,27,31). The third kappa shape index (κ3) is 8.13. The van der Waals surface area contributed by atoms with Crippen LogP contribution in [0.25, 0.3) is 0 Å². The van der Waals surface area contributed by atoms with Gasteiger partial charge in [0, 0.05) is 25.6 Å². The first-order valence-electron chi connectivity index (χ1n) is 11.4. The van der Waals surface area contributed by atoms with Crippen molar-refractivity contribution < 1.29 is 22.4 Å². The average Bonchev–Trinajstić information content (AvgIpc) is 2.77. The van der Waals surface area contributed by atoms with Crippen molar-refractivity contribution in [2.75, 3.05) is 17.1 Å². The minimum absolute atomic E-state index is 0.0610. The summed E-state index contributed by atoms with van der Waals surface area (Å²) >= 11 is 0. The first kappa shape index (κ1) is 27.3. The van der Waals surface area contributed by atoms with Crippen molar-refractivity contribution in [3.63, 3.8) is 0 Å². The minimum Gasteiger partial charge on any atom is -0.352 e. The van der Waals surface area contributed by atoms with Crippen LogP contribution in [0.5, 0.6) is 0 Å². The minimum atomic E-state index is -3.53. The number of carbonyl (C=O) groups excluding carboxylic acids is 2. The Bertz CT molecular complexity index is 1040. The number of anilines is 1. The molecule has 0 aliphatic heterocycles. The molecule has 186 valence electrons. The van der Waals surface area contributed by atoms with Gasteiger partial charge >= 0.3 is 0 Å². The van der Waals surface area contributed by atoms with Crippen LogP contribution >= 0.6 is 0 Å². The molecule has 0 saturated heterocycles. The molecule has 9 heteroatoms. The van der Waals surface area contributed by atoms with Gasteiger partial charge in [0.2, 0.25) is 21.8 Å². The molecular weight excluding hydrogens is 457 g/mol. The molecule has 0 aromatic heterocycles. The second-order valence-electron chi connectivity index (χ2n) is 8.51. The first-order chi connectivity index (χ1) is 16.0. The largest absolute Gasteiger partial charge is 0.352 e. The highest BCUT2D eigenvalue weighted by molar-refractivity contribution is 7.92. The third-order valence-corrected chi connectivity index (χ3v) is 6.47. The fourth-order valence-corrected chi connectivity index (χ4v) is 4.65. The molecule has 1 unspecified atom stereocenters. The number of hydrogen-bond donors (Lipinski definition) is 1. The van der Waals surface area contributed by atoms with Crippen LogP contribution in [0.1, 0.15) is 45.6 Å². The van der Waals surface area contributed by atoms with E-state index in [0.29, 0.717) is 17.7 Å². The number of nitrogens with one attached hydrogen (secondary N) is 1. The van der Waals surface area contributed by atoms with Gasteiger partial charge in [-0.15, -0.1) is 0 Å². The maximum Gasteiger partial charge on any atom is 0.243 e. The van der Waals surface area contributed by atoms with Crippen molar-refractivity contribution in [2.24, 2.45) is 0 Å². The highest BCUT2D eigenvalue weighted by Crippen LogP contribution is 2.19. The highest BCUT2D eigenvalue weighted by atomic mass is 32.2. The van der Waals surface area contributed by atoms with Gasteiger partial charge in [-0.3, -0.25) is 13.9 Å². The Kier molecular flexibility index (Phi) is 10.0. The Morgan fingerprint density at radius 1 is 1.03 bits per heavy atom. The van der Waals surface area contributed by atoms with Crippen LogP contribution in [-0.4, -0.2) is 50.0 Å². The molecule has 2 aromatic carbocycles. The van der Waals surface area contributed by atoms with E-state index < -0.39 is 16.1 Å². The van der Waals surface area contributed by atoms with Crippen molar-refractivity contribution in [1.29, 1.82) is 0 Å². The van der Waals surface area contributed by atoms with E-state index >= 15 is 0 Å². The van der Waals surface area contributed by atoms with E-state index in [1.165, 1.54) is 21.3 Å². The molecule has 2 amide bonds. The van der Waals surface area contributed by atoms with Crippen molar-refractivity contribution in [2.45, 2.75) is 58.7 Å². The number of sulfonamides is 1. The average molecular weight is 492 g/mol. The monoisotopic (exact) mass is 491 g/mol. The molecule has 0 aliphatic carbocycles. The van der Waals surface area contributed by atoms with Crippen LogP contribution in [-0.2, 0) is 26.2 Å². The number of nitrogens with zero attached hydrogens (tertiary/aromatic N) is 2. The number of hydrogen-bond acceptors (Lipinski definition) is 4. The maximum atomic E-state index is 13.4. The smallest absolute Gasteiger partial charge is 0.243 e. The summed E-state index contributed by atoms with van der Waals surface area (Å²) in [4.78, 5) is 27.6. The molecule has 0 fully saturated rings. The van der Waals surface area contributed by atoms with Crippen molar-refractivity contribution in [3.8, 4) is 0 Å². The Balaban J connectivity index is 2.19. The summed E-state index contributed by atoms with van der Waals surface area (Å²) in [5.41, 5.74) is 1.23. The number of amides is 2. The van der Waals surface area contributed by atoms with E-state index in [9.17, 15) is 22.4 Å². The molecule has 1 N–H and O–H groups in total. The fraction of sp³-hybridized carbons (Fsp3) is 0.440. The van der Waals surface area contributed by atoms with Crippen LogP contribution in [0.15, 0.2) is 54.6 Å². The van der Waals surface area contributed by atoms with Crippen LogP contribution in [0.3, 0.4) is 0 Å². The van der Waals surface area contributed by atoms with E-state index in [2.05, 4.69) is 5.32 Å². The molecule has 2 rings (SSSR count). The first-order valence-corrected chi connectivity index (χ1v) is 13.2. The SMILES string of the molecule is CCC(C(=O)NC(C)C)N(Cc1ccc(F)cc1)C(=O)CCCN(c1ccccc1)S(C)(=O)=O. The molecule has 0 bridgehead atoms. The lowest BCUT2D eigenvalue weighted by Gasteiger charge is -2.31. The summed E-state index contributed by atoms with van der Waals surface area (Å²) in [6.45, 7) is 5.81. The van der Waals surface area contributed by atoms with E-state index in [4.69, 9.17) is 0 Å². The Morgan fingerprint density at radius 3 is 2.18 bits per heavy atom. The van der Waals surface area contributed by atoms with Gasteiger partial charge in [-0.1, -0.05) is 37.3 Å². The zero-order valence-electron chi connectivity index (χ0n) is 20.2. The lowest BCUT2D eigenvalue weighted by molar-refractivity contribution is -0.141. The topological polar surface area (TPSA) is 86.8 Å². The van der Waals surface area contributed by atoms with Gasteiger partial charge < -0.3 is 10.2 Å². The van der Waals surface area contributed by atoms with Crippen LogP contribution < -0.4 is 9.62 Å². The lowest BCUT2D eigenvalue weighted by atomic mass is 10.1. The molecule has 0 radical (unpaired) electrons. The molecule has 0 heterocycles. The van der Waals surface area contributed by atoms with Crippen molar-refractivity contribution in [3.05, 3.63) is 66.0 Å². The van der Waals surface area contributed by atoms with Crippen LogP contribution in [0, 0.1) is 5.82 Å². The van der Waals surface area contributed by atoms with E-state index in [0.717, 1.165) is 6.26 Å². The zero-order chi connectivity index (χ0) is 25.3. The molecule has 1 atom stereocenters. The summed E-state index contributed by atoms with van der Waals surface area (Å²) < 4.78 is 39.2. The number of rotatable bonds is 12. The lowest BCUT2D eigenvalue weighted by Crippen LogP contribution is -2.50. The van der Waals surface area contributed by atoms with Gasteiger partial charge in [0.1, 0.15) is 11.9 Å². The second-order valence-corrected chi connectivity index (χ2v) is 10.4. The number of benzene rings is 2. The number of carbonyl (C=O) groups is 2. The second kappa shape index (κ2) is 12.5. The van der Waals surface area contributed by atoms with Gasteiger partial charge in [-0.05, 0) is 56.5 Å². The van der Waals surface area contributed by atoms with E-state index in [-0.39, 0.29) is 49.6 Å². The van der Waals surface area contributed by atoms with Gasteiger partial charge in [0.15, 0.2) is 0 Å². The fourth-order valence-electron chi connectivity index (χ4n) is 3.68. The Morgan fingerprint density at radius 2 is 1.65 bits per heavy atom. The predicted molar refractivity (Wildman–Crippen MR) is 132 cm³/mol. The summed E-state index contributed by atoms with van der Waals surface area (Å²) in [5.74, 6) is -0.903. The number of halogens is 1. The third-order valence-electron chi connectivity index (χ3n) is 5.28. The van der Waals surface area contributed by atoms with Crippen molar-refractivity contribution >= 4 is 27.5 Å². The molecule has 0 spiro atoms.